The van der Waals surface area contributed by atoms with Crippen LogP contribution < -0.4 is 0 Å². The Morgan fingerprint density at radius 2 is 1.94 bits per heavy atom. The first kappa shape index (κ1) is 13.7. The highest BCUT2D eigenvalue weighted by molar-refractivity contribution is 9.09. The van der Waals surface area contributed by atoms with Crippen LogP contribution in [0.15, 0.2) is 18.2 Å². The maximum atomic E-state index is 6.02. The molecule has 94 valence electrons. The second-order valence-corrected chi connectivity index (χ2v) is 6.41. The van der Waals surface area contributed by atoms with Crippen molar-refractivity contribution in [2.45, 2.75) is 24.1 Å². The first-order chi connectivity index (χ1) is 8.16. The lowest BCUT2D eigenvalue weighted by Crippen LogP contribution is -2.24. The minimum absolute atomic E-state index is 0.489. The molecule has 17 heavy (non-hydrogen) atoms. The monoisotopic (exact) mass is 336 g/mol. The molecule has 1 fully saturated rings. The Kier molecular flexibility index (Phi) is 5.16. The van der Waals surface area contributed by atoms with Crippen LogP contribution in [0, 0.1) is 5.92 Å². The number of rotatable bonds is 3. The molecule has 0 aliphatic carbocycles. The van der Waals surface area contributed by atoms with E-state index in [0.717, 1.165) is 32.5 Å². The van der Waals surface area contributed by atoms with Crippen molar-refractivity contribution in [2.75, 3.05) is 13.2 Å². The topological polar surface area (TPSA) is 9.23 Å². The van der Waals surface area contributed by atoms with E-state index in [-0.39, 0.29) is 0 Å². The Balaban J connectivity index is 1.96. The van der Waals surface area contributed by atoms with E-state index in [4.69, 9.17) is 27.9 Å². The summed E-state index contributed by atoms with van der Waals surface area (Å²) in [7, 11) is 0. The van der Waals surface area contributed by atoms with Gasteiger partial charge in [-0.25, -0.2) is 0 Å². The van der Waals surface area contributed by atoms with Crippen molar-refractivity contribution < 1.29 is 4.74 Å². The van der Waals surface area contributed by atoms with Crippen LogP contribution in [0.3, 0.4) is 0 Å². The zero-order valence-electron chi connectivity index (χ0n) is 9.46. The van der Waals surface area contributed by atoms with E-state index in [2.05, 4.69) is 15.9 Å². The summed E-state index contributed by atoms with van der Waals surface area (Å²) in [5.74, 6) is 0.693. The largest absolute Gasteiger partial charge is 0.381 e. The molecule has 1 aliphatic rings. The molecule has 1 unspecified atom stereocenters. The predicted molar refractivity (Wildman–Crippen MR) is 76.4 cm³/mol. The lowest BCUT2D eigenvalue weighted by Gasteiger charge is -2.26. The quantitative estimate of drug-likeness (QED) is 0.725. The summed E-state index contributed by atoms with van der Waals surface area (Å²) in [5, 5.41) is 1.25. The molecule has 4 heteroatoms. The summed E-state index contributed by atoms with van der Waals surface area (Å²) < 4.78 is 5.38. The maximum absolute atomic E-state index is 6.02. The second-order valence-electron chi connectivity index (χ2n) is 4.42. The van der Waals surface area contributed by atoms with Crippen LogP contribution in [-0.4, -0.2) is 18.0 Å². The van der Waals surface area contributed by atoms with E-state index in [1.165, 1.54) is 5.56 Å². The number of hydrogen-bond donors (Lipinski definition) is 0. The summed E-state index contributed by atoms with van der Waals surface area (Å²) in [4.78, 5) is 0.489. The lowest BCUT2D eigenvalue weighted by atomic mass is 9.93. The molecule has 0 bridgehead atoms. The Hall–Kier alpha value is 0.240. The van der Waals surface area contributed by atoms with Gasteiger partial charge >= 0.3 is 0 Å². The Labute approximate surface area is 121 Å². The third-order valence-corrected chi connectivity index (χ3v) is 5.00. The van der Waals surface area contributed by atoms with Crippen LogP contribution in [-0.2, 0) is 11.2 Å². The molecule has 1 aromatic rings. The summed E-state index contributed by atoms with van der Waals surface area (Å²) in [6.07, 6.45) is 3.26. The third kappa shape index (κ3) is 3.85. The zero-order chi connectivity index (χ0) is 12.3. The van der Waals surface area contributed by atoms with Gasteiger partial charge in [-0.05, 0) is 42.9 Å². The van der Waals surface area contributed by atoms with Crippen LogP contribution in [0.2, 0.25) is 10.0 Å². The van der Waals surface area contributed by atoms with Crippen molar-refractivity contribution in [1.29, 1.82) is 0 Å². The highest BCUT2D eigenvalue weighted by Gasteiger charge is 2.22. The van der Waals surface area contributed by atoms with Crippen molar-refractivity contribution in [3.63, 3.8) is 0 Å². The normalized spacial score (nSPS) is 19.2. The Bertz CT molecular complexity index is 378. The summed E-state index contributed by atoms with van der Waals surface area (Å²) in [5.41, 5.74) is 1.23. The summed E-state index contributed by atoms with van der Waals surface area (Å²) >= 11 is 15.7. The van der Waals surface area contributed by atoms with E-state index < -0.39 is 0 Å². The van der Waals surface area contributed by atoms with E-state index >= 15 is 0 Å². The second kappa shape index (κ2) is 6.42. The van der Waals surface area contributed by atoms with Crippen molar-refractivity contribution in [3.8, 4) is 0 Å². The molecule has 0 radical (unpaired) electrons. The Morgan fingerprint density at radius 3 is 2.59 bits per heavy atom. The minimum atomic E-state index is 0.489. The van der Waals surface area contributed by atoms with Gasteiger partial charge in [-0.15, -0.1) is 0 Å². The highest BCUT2D eigenvalue weighted by atomic mass is 79.9. The molecule has 0 amide bonds. The van der Waals surface area contributed by atoms with E-state index in [1.807, 2.05) is 18.2 Å². The average molecular weight is 338 g/mol. The first-order valence-corrected chi connectivity index (χ1v) is 7.49. The molecular formula is C13H15BrCl2O. The van der Waals surface area contributed by atoms with Crippen molar-refractivity contribution >= 4 is 39.1 Å². The summed E-state index contributed by atoms with van der Waals surface area (Å²) in [6.45, 7) is 1.77. The molecule has 0 spiro atoms. The standard InChI is InChI=1S/C13H15BrCl2O/c14-11(10-3-5-17-6-4-10)7-9-1-2-12(15)13(16)8-9/h1-2,8,10-11H,3-7H2. The maximum Gasteiger partial charge on any atom is 0.0595 e. The molecule has 0 N–H and O–H groups in total. The molecule has 0 aromatic heterocycles. The van der Waals surface area contributed by atoms with Crippen molar-refractivity contribution in [1.82, 2.24) is 0 Å². The zero-order valence-corrected chi connectivity index (χ0v) is 12.6. The number of halogens is 3. The van der Waals surface area contributed by atoms with Gasteiger partial charge in [0.1, 0.15) is 0 Å². The molecule has 1 heterocycles. The summed E-state index contributed by atoms with van der Waals surface area (Å²) in [6, 6.07) is 5.86. The number of ether oxygens (including phenoxy) is 1. The van der Waals surface area contributed by atoms with E-state index in [1.54, 1.807) is 0 Å². The molecule has 2 rings (SSSR count). The van der Waals surface area contributed by atoms with E-state index in [9.17, 15) is 0 Å². The van der Waals surface area contributed by atoms with Crippen LogP contribution >= 0.6 is 39.1 Å². The third-order valence-electron chi connectivity index (χ3n) is 3.19. The number of hydrogen-bond acceptors (Lipinski definition) is 1. The van der Waals surface area contributed by atoms with Gasteiger partial charge in [0.2, 0.25) is 0 Å². The fourth-order valence-electron chi connectivity index (χ4n) is 2.14. The van der Waals surface area contributed by atoms with Gasteiger partial charge in [-0.2, -0.15) is 0 Å². The molecule has 1 atom stereocenters. The van der Waals surface area contributed by atoms with Crippen LogP contribution in [0.1, 0.15) is 18.4 Å². The minimum Gasteiger partial charge on any atom is -0.381 e. The Morgan fingerprint density at radius 1 is 1.24 bits per heavy atom. The fraction of sp³-hybridized carbons (Fsp3) is 0.538. The van der Waals surface area contributed by atoms with E-state index in [0.29, 0.717) is 20.8 Å². The van der Waals surface area contributed by atoms with Crippen LogP contribution in [0.25, 0.3) is 0 Å². The van der Waals surface area contributed by atoms with Gasteiger partial charge in [0, 0.05) is 18.0 Å². The first-order valence-electron chi connectivity index (χ1n) is 5.82. The van der Waals surface area contributed by atoms with Gasteiger partial charge in [0.05, 0.1) is 10.0 Å². The SMILES string of the molecule is Clc1ccc(CC(Br)C2CCOCC2)cc1Cl. The van der Waals surface area contributed by atoms with Gasteiger partial charge in [-0.1, -0.05) is 45.2 Å². The van der Waals surface area contributed by atoms with Crippen molar-refractivity contribution in [3.05, 3.63) is 33.8 Å². The fourth-order valence-corrected chi connectivity index (χ4v) is 3.36. The molecule has 1 saturated heterocycles. The van der Waals surface area contributed by atoms with Gasteiger partial charge < -0.3 is 4.74 Å². The average Bonchev–Trinajstić information content (AvgIpc) is 2.35. The number of alkyl halides is 1. The van der Waals surface area contributed by atoms with Gasteiger partial charge in [0.25, 0.3) is 0 Å². The molecule has 0 saturated carbocycles. The molecule has 1 aliphatic heterocycles. The van der Waals surface area contributed by atoms with Gasteiger partial charge in [0.15, 0.2) is 0 Å². The highest BCUT2D eigenvalue weighted by Crippen LogP contribution is 2.29. The molecular weight excluding hydrogens is 323 g/mol. The molecule has 1 aromatic carbocycles. The van der Waals surface area contributed by atoms with Gasteiger partial charge in [-0.3, -0.25) is 0 Å². The predicted octanol–water partition coefficient (Wildman–Crippen LogP) is 4.73. The smallest absolute Gasteiger partial charge is 0.0595 e. The van der Waals surface area contributed by atoms with Crippen LogP contribution in [0.5, 0.6) is 0 Å². The van der Waals surface area contributed by atoms with Crippen LogP contribution in [0.4, 0.5) is 0 Å². The lowest BCUT2D eigenvalue weighted by molar-refractivity contribution is 0.0662. The van der Waals surface area contributed by atoms with Crippen molar-refractivity contribution in [2.24, 2.45) is 5.92 Å². The number of benzene rings is 1. The molecule has 1 nitrogen and oxygen atoms in total.